The van der Waals surface area contributed by atoms with Gasteiger partial charge >= 0.3 is 0 Å². The molecule has 0 atom stereocenters. The molecule has 1 aliphatic rings. The summed E-state index contributed by atoms with van der Waals surface area (Å²) in [6.45, 7) is 10.2. The van der Waals surface area contributed by atoms with Crippen LogP contribution in [0.3, 0.4) is 0 Å². The minimum atomic E-state index is 0.00944. The summed E-state index contributed by atoms with van der Waals surface area (Å²) in [7, 11) is 0. The lowest BCUT2D eigenvalue weighted by Crippen LogP contribution is -2.31. The summed E-state index contributed by atoms with van der Waals surface area (Å²) in [4.78, 5) is 14.2. The van der Waals surface area contributed by atoms with Crippen LogP contribution in [-0.2, 0) is 0 Å². The van der Waals surface area contributed by atoms with Gasteiger partial charge in [-0.25, -0.2) is 0 Å². The Hall–Kier alpha value is -1.51. The highest BCUT2D eigenvalue weighted by Crippen LogP contribution is 2.20. The summed E-state index contributed by atoms with van der Waals surface area (Å²) in [5, 5.41) is 2.91. The Labute approximate surface area is 123 Å². The predicted octanol–water partition coefficient (Wildman–Crippen LogP) is 3.84. The van der Waals surface area contributed by atoms with Crippen molar-refractivity contribution in [3.8, 4) is 0 Å². The number of nitrogens with zero attached hydrogens (tertiary/aromatic N) is 1. The van der Waals surface area contributed by atoms with Crippen LogP contribution in [0.25, 0.3) is 0 Å². The van der Waals surface area contributed by atoms with E-state index < -0.39 is 0 Å². The fraction of sp³-hybridized carbons (Fsp3) is 0.588. The Morgan fingerprint density at radius 3 is 2.10 bits per heavy atom. The number of nitrogens with one attached hydrogen (secondary N) is 1. The summed E-state index contributed by atoms with van der Waals surface area (Å²) in [5.41, 5.74) is 1.97. The van der Waals surface area contributed by atoms with Gasteiger partial charge in [0.1, 0.15) is 0 Å². The van der Waals surface area contributed by atoms with Gasteiger partial charge in [-0.3, -0.25) is 4.79 Å². The third-order valence-electron chi connectivity index (χ3n) is 3.27. The van der Waals surface area contributed by atoms with E-state index >= 15 is 0 Å². The number of carbonyl (C=O) groups excluding carboxylic acids is 1. The van der Waals surface area contributed by atoms with Crippen LogP contribution < -0.4 is 10.2 Å². The molecule has 0 spiro atoms. The first-order valence-electron chi connectivity index (χ1n) is 7.82. The summed E-state index contributed by atoms with van der Waals surface area (Å²) in [6, 6.07) is 8.13. The highest BCUT2D eigenvalue weighted by Gasteiger charge is 2.12. The number of piperidine rings is 1. The number of anilines is 1. The Kier molecular flexibility index (Phi) is 7.13. The number of rotatable bonds is 3. The first kappa shape index (κ1) is 16.5. The number of hydrogen-bond donors (Lipinski definition) is 1. The average molecular weight is 276 g/mol. The van der Waals surface area contributed by atoms with Crippen molar-refractivity contribution in [3.05, 3.63) is 29.8 Å². The van der Waals surface area contributed by atoms with E-state index in [1.54, 1.807) is 0 Å². The number of benzene rings is 1. The minimum Gasteiger partial charge on any atom is -0.372 e. The van der Waals surface area contributed by atoms with Gasteiger partial charge in [0.2, 0.25) is 0 Å². The fourth-order valence-corrected chi connectivity index (χ4v) is 2.32. The molecule has 1 heterocycles. The molecule has 1 N–H and O–H groups in total. The summed E-state index contributed by atoms with van der Waals surface area (Å²) in [6.07, 6.45) is 3.89. The second-order valence-electron chi connectivity index (χ2n) is 5.22. The molecule has 1 aromatic rings. The molecule has 1 saturated heterocycles. The van der Waals surface area contributed by atoms with Crippen molar-refractivity contribution in [2.24, 2.45) is 0 Å². The molecular formula is C17H28N2O. The summed E-state index contributed by atoms with van der Waals surface area (Å²) in [5.74, 6) is 0.00944. The Bertz CT molecular complexity index is 392. The number of hydrogen-bond acceptors (Lipinski definition) is 2. The van der Waals surface area contributed by atoms with Gasteiger partial charge in [0.05, 0.1) is 0 Å². The first-order chi connectivity index (χ1) is 9.66. The highest BCUT2D eigenvalue weighted by molar-refractivity contribution is 5.94. The molecular weight excluding hydrogens is 248 g/mol. The van der Waals surface area contributed by atoms with Gasteiger partial charge in [-0.2, -0.15) is 0 Å². The molecule has 1 aromatic carbocycles. The van der Waals surface area contributed by atoms with Gasteiger partial charge in [-0.1, -0.05) is 13.8 Å². The minimum absolute atomic E-state index is 0.00944. The largest absolute Gasteiger partial charge is 0.372 e. The molecule has 0 radical (unpaired) electrons. The van der Waals surface area contributed by atoms with Crippen LogP contribution in [0.1, 0.15) is 57.3 Å². The van der Waals surface area contributed by atoms with Gasteiger partial charge < -0.3 is 10.2 Å². The molecule has 0 unspecified atom stereocenters. The standard InChI is InChI=1S/C15H22N2O.C2H6/c1-12(2)16-15(18)13-6-8-14(9-7-13)17-10-4-3-5-11-17;1-2/h6-9,12H,3-5,10-11H2,1-2H3,(H,16,18);1-2H3. The molecule has 3 nitrogen and oxygen atoms in total. The average Bonchev–Trinajstić information content (AvgIpc) is 2.50. The van der Waals surface area contributed by atoms with E-state index in [0.29, 0.717) is 0 Å². The van der Waals surface area contributed by atoms with E-state index in [-0.39, 0.29) is 11.9 Å². The maximum atomic E-state index is 11.8. The molecule has 112 valence electrons. The normalized spacial score (nSPS) is 14.6. The van der Waals surface area contributed by atoms with Gasteiger partial charge in [0.15, 0.2) is 0 Å². The maximum Gasteiger partial charge on any atom is 0.251 e. The molecule has 3 heteroatoms. The summed E-state index contributed by atoms with van der Waals surface area (Å²) < 4.78 is 0. The second kappa shape index (κ2) is 8.62. The molecule has 0 saturated carbocycles. The van der Waals surface area contributed by atoms with Crippen molar-refractivity contribution in [3.63, 3.8) is 0 Å². The van der Waals surface area contributed by atoms with E-state index in [0.717, 1.165) is 18.7 Å². The van der Waals surface area contributed by atoms with Crippen LogP contribution in [0.5, 0.6) is 0 Å². The van der Waals surface area contributed by atoms with E-state index in [4.69, 9.17) is 0 Å². The fourth-order valence-electron chi connectivity index (χ4n) is 2.32. The molecule has 2 rings (SSSR count). The van der Waals surface area contributed by atoms with E-state index in [1.807, 2.05) is 39.8 Å². The second-order valence-corrected chi connectivity index (χ2v) is 5.22. The molecule has 1 amide bonds. The molecule has 20 heavy (non-hydrogen) atoms. The topological polar surface area (TPSA) is 32.3 Å². The van der Waals surface area contributed by atoms with Crippen molar-refractivity contribution in [2.75, 3.05) is 18.0 Å². The number of amides is 1. The van der Waals surface area contributed by atoms with Crippen LogP contribution in [0.15, 0.2) is 24.3 Å². The van der Waals surface area contributed by atoms with Crippen LogP contribution in [0.2, 0.25) is 0 Å². The lowest BCUT2D eigenvalue weighted by atomic mass is 10.1. The van der Waals surface area contributed by atoms with Crippen molar-refractivity contribution < 1.29 is 4.79 Å². The molecule has 0 aliphatic carbocycles. The van der Waals surface area contributed by atoms with Gasteiger partial charge in [-0.05, 0) is 57.4 Å². The highest BCUT2D eigenvalue weighted by atomic mass is 16.1. The van der Waals surface area contributed by atoms with Gasteiger partial charge in [0.25, 0.3) is 5.91 Å². The Balaban J connectivity index is 0.000000956. The van der Waals surface area contributed by atoms with Crippen LogP contribution >= 0.6 is 0 Å². The Morgan fingerprint density at radius 2 is 1.60 bits per heavy atom. The Morgan fingerprint density at radius 1 is 1.05 bits per heavy atom. The van der Waals surface area contributed by atoms with Crippen LogP contribution in [0.4, 0.5) is 5.69 Å². The lowest BCUT2D eigenvalue weighted by molar-refractivity contribution is 0.0943. The monoisotopic (exact) mass is 276 g/mol. The third kappa shape index (κ3) is 4.87. The number of carbonyl (C=O) groups is 1. The predicted molar refractivity (Wildman–Crippen MR) is 86.5 cm³/mol. The SMILES string of the molecule is CC.CC(C)NC(=O)c1ccc(N2CCCCC2)cc1. The quantitative estimate of drug-likeness (QED) is 0.909. The van der Waals surface area contributed by atoms with Crippen molar-refractivity contribution in [1.29, 1.82) is 0 Å². The van der Waals surface area contributed by atoms with Gasteiger partial charge in [0, 0.05) is 30.4 Å². The lowest BCUT2D eigenvalue weighted by Gasteiger charge is -2.28. The first-order valence-corrected chi connectivity index (χ1v) is 7.82. The molecule has 1 fully saturated rings. The van der Waals surface area contributed by atoms with E-state index in [1.165, 1.54) is 24.9 Å². The summed E-state index contributed by atoms with van der Waals surface area (Å²) >= 11 is 0. The van der Waals surface area contributed by atoms with Gasteiger partial charge in [-0.15, -0.1) is 0 Å². The molecule has 0 bridgehead atoms. The van der Waals surface area contributed by atoms with Crippen molar-refractivity contribution in [2.45, 2.75) is 53.0 Å². The van der Waals surface area contributed by atoms with Crippen molar-refractivity contribution >= 4 is 11.6 Å². The van der Waals surface area contributed by atoms with Crippen LogP contribution in [-0.4, -0.2) is 25.0 Å². The third-order valence-corrected chi connectivity index (χ3v) is 3.27. The zero-order valence-electron chi connectivity index (χ0n) is 13.3. The zero-order valence-corrected chi connectivity index (χ0v) is 13.3. The van der Waals surface area contributed by atoms with Crippen LogP contribution in [0, 0.1) is 0 Å². The van der Waals surface area contributed by atoms with Crippen molar-refractivity contribution in [1.82, 2.24) is 5.32 Å². The molecule has 0 aromatic heterocycles. The smallest absolute Gasteiger partial charge is 0.251 e. The molecule has 1 aliphatic heterocycles. The van der Waals surface area contributed by atoms with E-state index in [9.17, 15) is 4.79 Å². The maximum absolute atomic E-state index is 11.8. The zero-order chi connectivity index (χ0) is 15.0. The van der Waals surface area contributed by atoms with E-state index in [2.05, 4.69) is 22.3 Å².